The van der Waals surface area contributed by atoms with Gasteiger partial charge in [-0.25, -0.2) is 4.99 Å². The third kappa shape index (κ3) is 5.04. The van der Waals surface area contributed by atoms with Crippen LogP contribution < -0.4 is 10.6 Å². The Kier molecular flexibility index (Phi) is 6.07. The molecule has 0 spiro atoms. The minimum Gasteiger partial charge on any atom is -0.354 e. The van der Waals surface area contributed by atoms with Gasteiger partial charge < -0.3 is 15.2 Å². The molecule has 0 radical (unpaired) electrons. The molecule has 2 N–H and O–H groups in total. The lowest BCUT2D eigenvalue weighted by Gasteiger charge is -2.25. The van der Waals surface area contributed by atoms with Gasteiger partial charge in [-0.05, 0) is 38.8 Å². The number of thiophene rings is 1. The van der Waals surface area contributed by atoms with Crippen molar-refractivity contribution in [2.45, 2.75) is 65.1 Å². The number of hydrogen-bond donors (Lipinski definition) is 2. The summed E-state index contributed by atoms with van der Waals surface area (Å²) in [5, 5.41) is 15.4. The molecule has 25 heavy (non-hydrogen) atoms. The number of aryl methyl sites for hydroxylation is 2. The molecule has 2 aromatic rings. The van der Waals surface area contributed by atoms with Crippen molar-refractivity contribution in [1.82, 2.24) is 25.4 Å². The van der Waals surface area contributed by atoms with Crippen molar-refractivity contribution in [3.05, 3.63) is 33.5 Å². The highest BCUT2D eigenvalue weighted by Crippen LogP contribution is 2.18. The second-order valence-corrected chi connectivity index (χ2v) is 8.10. The van der Waals surface area contributed by atoms with Crippen LogP contribution in [-0.4, -0.2) is 26.8 Å². The molecule has 0 aliphatic heterocycles. The molecule has 0 aromatic carbocycles. The van der Waals surface area contributed by atoms with E-state index in [1.165, 1.54) is 41.9 Å². The molecule has 2 heterocycles. The van der Waals surface area contributed by atoms with Crippen molar-refractivity contribution < 1.29 is 0 Å². The summed E-state index contributed by atoms with van der Waals surface area (Å²) < 4.78 is 1.99. The molecule has 3 rings (SSSR count). The Hall–Kier alpha value is -1.89. The molecular weight excluding hydrogens is 332 g/mol. The molecule has 2 aromatic heterocycles. The normalized spacial score (nSPS) is 16.2. The second-order valence-electron chi connectivity index (χ2n) is 6.73. The maximum Gasteiger partial charge on any atom is 0.192 e. The molecule has 0 bridgehead atoms. The number of hydrogen-bond acceptors (Lipinski definition) is 4. The van der Waals surface area contributed by atoms with Crippen molar-refractivity contribution in [2.24, 2.45) is 12.0 Å². The van der Waals surface area contributed by atoms with Crippen LogP contribution in [0.3, 0.4) is 0 Å². The van der Waals surface area contributed by atoms with Crippen LogP contribution >= 0.6 is 11.3 Å². The maximum absolute atomic E-state index is 4.76. The molecule has 0 saturated heterocycles. The monoisotopic (exact) mass is 360 g/mol. The zero-order valence-electron chi connectivity index (χ0n) is 15.4. The lowest BCUT2D eigenvalue weighted by molar-refractivity contribution is 0.409. The molecule has 1 aliphatic carbocycles. The highest BCUT2D eigenvalue weighted by Gasteiger charge is 2.15. The topological polar surface area (TPSA) is 67.1 Å². The van der Waals surface area contributed by atoms with Crippen LogP contribution in [0.5, 0.6) is 0 Å². The lowest BCUT2D eigenvalue weighted by Crippen LogP contribution is -2.44. The van der Waals surface area contributed by atoms with Crippen molar-refractivity contribution in [2.75, 3.05) is 0 Å². The second kappa shape index (κ2) is 8.47. The predicted molar refractivity (Wildman–Crippen MR) is 103 cm³/mol. The SMILES string of the molecule is Cc1ccc(CNC(=NCc2nnc(C)n2C)NC2CCCCC2)s1. The highest BCUT2D eigenvalue weighted by atomic mass is 32.1. The standard InChI is InChI=1S/C18H28N6S/c1-13-9-10-16(25-13)11-19-18(21-15-7-5-4-6-8-15)20-12-17-23-22-14(2)24(17)3/h9-10,15H,4-8,11-12H2,1-3H3,(H2,19,20,21). The van der Waals surface area contributed by atoms with Gasteiger partial charge in [-0.15, -0.1) is 21.5 Å². The first-order chi connectivity index (χ1) is 12.1. The molecule has 136 valence electrons. The molecule has 6 nitrogen and oxygen atoms in total. The van der Waals surface area contributed by atoms with Gasteiger partial charge in [0.25, 0.3) is 0 Å². The predicted octanol–water partition coefficient (Wildman–Crippen LogP) is 3.06. The van der Waals surface area contributed by atoms with E-state index in [-0.39, 0.29) is 0 Å². The number of rotatable bonds is 5. The zero-order chi connectivity index (χ0) is 17.6. The third-order valence-electron chi connectivity index (χ3n) is 4.73. The fourth-order valence-electron chi connectivity index (χ4n) is 3.08. The Labute approximate surface area is 153 Å². The fraction of sp³-hybridized carbons (Fsp3) is 0.611. The van der Waals surface area contributed by atoms with Crippen molar-refractivity contribution in [3.63, 3.8) is 0 Å². The maximum atomic E-state index is 4.76. The van der Waals surface area contributed by atoms with Crippen LogP contribution in [0.25, 0.3) is 0 Å². The van der Waals surface area contributed by atoms with Gasteiger partial charge >= 0.3 is 0 Å². The van der Waals surface area contributed by atoms with Gasteiger partial charge in [0.1, 0.15) is 12.4 Å². The van der Waals surface area contributed by atoms with Gasteiger partial charge in [-0.1, -0.05) is 19.3 Å². The number of nitrogens with one attached hydrogen (secondary N) is 2. The number of nitrogens with zero attached hydrogens (tertiary/aromatic N) is 4. The van der Waals surface area contributed by atoms with Crippen LogP contribution in [-0.2, 0) is 20.1 Å². The van der Waals surface area contributed by atoms with E-state index in [4.69, 9.17) is 4.99 Å². The summed E-state index contributed by atoms with van der Waals surface area (Å²) in [4.78, 5) is 7.42. The third-order valence-corrected chi connectivity index (χ3v) is 5.73. The summed E-state index contributed by atoms with van der Waals surface area (Å²) in [6.45, 7) is 5.43. The summed E-state index contributed by atoms with van der Waals surface area (Å²) in [6, 6.07) is 4.86. The first-order valence-electron chi connectivity index (χ1n) is 9.07. The average molecular weight is 361 g/mol. The number of aliphatic imine (C=N–C) groups is 1. The fourth-order valence-corrected chi connectivity index (χ4v) is 3.91. The molecule has 0 unspecified atom stereocenters. The Morgan fingerprint density at radius 2 is 2.04 bits per heavy atom. The van der Waals surface area contributed by atoms with Crippen molar-refractivity contribution >= 4 is 17.3 Å². The lowest BCUT2D eigenvalue weighted by atomic mass is 9.96. The molecule has 1 saturated carbocycles. The Morgan fingerprint density at radius 3 is 2.68 bits per heavy atom. The first kappa shape index (κ1) is 17.9. The minimum atomic E-state index is 0.520. The molecule has 1 fully saturated rings. The highest BCUT2D eigenvalue weighted by molar-refractivity contribution is 7.11. The van der Waals surface area contributed by atoms with E-state index in [2.05, 4.69) is 39.9 Å². The van der Waals surface area contributed by atoms with E-state index in [1.807, 2.05) is 29.9 Å². The first-order valence-corrected chi connectivity index (χ1v) is 9.88. The van der Waals surface area contributed by atoms with Gasteiger partial charge in [-0.2, -0.15) is 0 Å². The quantitative estimate of drug-likeness (QED) is 0.635. The summed E-state index contributed by atoms with van der Waals surface area (Å²) in [5.41, 5.74) is 0. The number of aromatic nitrogens is 3. The van der Waals surface area contributed by atoms with Crippen LogP contribution in [0, 0.1) is 13.8 Å². The van der Waals surface area contributed by atoms with E-state index >= 15 is 0 Å². The van der Waals surface area contributed by atoms with Gasteiger partial charge in [-0.3, -0.25) is 0 Å². The molecule has 0 amide bonds. The molecule has 7 heteroatoms. The molecule has 0 atom stereocenters. The average Bonchev–Trinajstić information content (AvgIpc) is 3.18. The summed E-state index contributed by atoms with van der Waals surface area (Å²) in [7, 11) is 1.98. The smallest absolute Gasteiger partial charge is 0.192 e. The van der Waals surface area contributed by atoms with E-state index in [0.29, 0.717) is 12.6 Å². The van der Waals surface area contributed by atoms with E-state index in [9.17, 15) is 0 Å². The van der Waals surface area contributed by atoms with Gasteiger partial charge in [0.05, 0.1) is 6.54 Å². The Morgan fingerprint density at radius 1 is 1.24 bits per heavy atom. The van der Waals surface area contributed by atoms with E-state index in [1.54, 1.807) is 0 Å². The molecule has 1 aliphatic rings. The van der Waals surface area contributed by atoms with E-state index in [0.717, 1.165) is 24.2 Å². The summed E-state index contributed by atoms with van der Waals surface area (Å²) in [6.07, 6.45) is 6.41. The summed E-state index contributed by atoms with van der Waals surface area (Å²) >= 11 is 1.82. The van der Waals surface area contributed by atoms with Gasteiger partial charge in [0.15, 0.2) is 11.8 Å². The molecular formula is C18H28N6S. The van der Waals surface area contributed by atoms with Crippen LogP contribution in [0.4, 0.5) is 0 Å². The van der Waals surface area contributed by atoms with Crippen LogP contribution in [0.1, 0.15) is 53.5 Å². The summed E-state index contributed by atoms with van der Waals surface area (Å²) in [5.74, 6) is 2.67. The van der Waals surface area contributed by atoms with Gasteiger partial charge in [0.2, 0.25) is 0 Å². The largest absolute Gasteiger partial charge is 0.354 e. The Bertz CT molecular complexity index is 711. The Balaban J connectivity index is 1.65. The van der Waals surface area contributed by atoms with Gasteiger partial charge in [0, 0.05) is 22.8 Å². The van der Waals surface area contributed by atoms with Crippen LogP contribution in [0.2, 0.25) is 0 Å². The van der Waals surface area contributed by atoms with Crippen LogP contribution in [0.15, 0.2) is 17.1 Å². The van der Waals surface area contributed by atoms with Crippen molar-refractivity contribution in [1.29, 1.82) is 0 Å². The minimum absolute atomic E-state index is 0.520. The van der Waals surface area contributed by atoms with E-state index < -0.39 is 0 Å². The number of guanidine groups is 1. The zero-order valence-corrected chi connectivity index (χ0v) is 16.2. The van der Waals surface area contributed by atoms with Crippen molar-refractivity contribution in [3.8, 4) is 0 Å².